The quantitative estimate of drug-likeness (QED) is 0.499. The van der Waals surface area contributed by atoms with Crippen molar-refractivity contribution in [1.82, 2.24) is 0 Å². The van der Waals surface area contributed by atoms with Crippen LogP contribution in [0.2, 0.25) is 0 Å². The lowest BCUT2D eigenvalue weighted by Gasteiger charge is -2.32. The van der Waals surface area contributed by atoms with Crippen LogP contribution in [0.4, 0.5) is 0 Å². The third-order valence-electron chi connectivity index (χ3n) is 6.15. The van der Waals surface area contributed by atoms with Crippen LogP contribution < -0.4 is 10.2 Å². The van der Waals surface area contributed by atoms with Crippen molar-refractivity contribution in [2.24, 2.45) is 0 Å². The fourth-order valence-electron chi connectivity index (χ4n) is 3.69. The van der Waals surface area contributed by atoms with Crippen LogP contribution in [0.3, 0.4) is 0 Å². The van der Waals surface area contributed by atoms with E-state index in [1.807, 2.05) is 0 Å². The van der Waals surface area contributed by atoms with Gasteiger partial charge >= 0.3 is 7.12 Å². The molecule has 2 aromatic rings. The highest BCUT2D eigenvalue weighted by Gasteiger charge is 2.52. The summed E-state index contributed by atoms with van der Waals surface area (Å²) in [6, 6.07) is 12.7. The van der Waals surface area contributed by atoms with Crippen molar-refractivity contribution in [3.63, 3.8) is 0 Å². The molecule has 0 aromatic heterocycles. The maximum absolute atomic E-state index is 6.38. The number of rotatable bonds is 5. The van der Waals surface area contributed by atoms with Crippen molar-refractivity contribution in [2.45, 2.75) is 72.0 Å². The molecule has 1 saturated heterocycles. The number of ether oxygens (including phenoxy) is 2. The largest absolute Gasteiger partial charge is 0.495 e. The minimum absolute atomic E-state index is 0.0760. The molecule has 0 saturated carbocycles. The van der Waals surface area contributed by atoms with E-state index in [9.17, 15) is 0 Å². The summed E-state index contributed by atoms with van der Waals surface area (Å²) < 4.78 is 24.1. The van der Waals surface area contributed by atoms with Crippen LogP contribution in [0.5, 0.6) is 5.75 Å². The van der Waals surface area contributed by atoms with Gasteiger partial charge in [-0.2, -0.15) is 0 Å². The van der Waals surface area contributed by atoms with Crippen molar-refractivity contribution >= 4 is 12.6 Å². The van der Waals surface area contributed by atoms with Gasteiger partial charge in [-0.3, -0.25) is 0 Å². The maximum Gasteiger partial charge on any atom is 0.495 e. The Morgan fingerprint density at radius 1 is 0.933 bits per heavy atom. The van der Waals surface area contributed by atoms with Gasteiger partial charge in [-0.05, 0) is 51.1 Å². The fourth-order valence-corrected chi connectivity index (χ4v) is 3.69. The highest BCUT2D eigenvalue weighted by atomic mass is 16.7. The summed E-state index contributed by atoms with van der Waals surface area (Å²) in [7, 11) is 1.20. The van der Waals surface area contributed by atoms with E-state index in [0.29, 0.717) is 0 Å². The lowest BCUT2D eigenvalue weighted by atomic mass is 9.73. The molecule has 0 spiro atoms. The van der Waals surface area contributed by atoms with Gasteiger partial charge in [0.25, 0.3) is 0 Å². The average molecular weight is 410 g/mol. The first-order valence-corrected chi connectivity index (χ1v) is 10.6. The first kappa shape index (κ1) is 22.9. The minimum atomic E-state index is -0.445. The van der Waals surface area contributed by atoms with Gasteiger partial charge in [0.1, 0.15) is 5.75 Å². The summed E-state index contributed by atoms with van der Waals surface area (Å²) in [6.45, 7) is 17.2. The van der Waals surface area contributed by atoms with Crippen molar-refractivity contribution in [2.75, 3.05) is 13.9 Å². The Labute approximate surface area is 182 Å². The second kappa shape index (κ2) is 8.03. The zero-order valence-electron chi connectivity index (χ0n) is 19.9. The molecule has 0 aliphatic carbocycles. The highest BCUT2D eigenvalue weighted by molar-refractivity contribution is 6.64. The molecule has 0 radical (unpaired) electrons. The van der Waals surface area contributed by atoms with Crippen LogP contribution in [-0.4, -0.2) is 32.2 Å². The molecule has 3 rings (SSSR count). The Kier molecular flexibility index (Phi) is 6.12. The molecule has 4 nitrogen and oxygen atoms in total. The summed E-state index contributed by atoms with van der Waals surface area (Å²) in [5.41, 5.74) is 4.52. The molecule has 0 N–H and O–H groups in total. The van der Waals surface area contributed by atoms with E-state index in [2.05, 4.69) is 91.8 Å². The lowest BCUT2D eigenvalue weighted by molar-refractivity contribution is 0.00578. The fraction of sp³-hybridized carbons (Fsp3) is 0.520. The van der Waals surface area contributed by atoms with Gasteiger partial charge in [0, 0.05) is 18.2 Å². The van der Waals surface area contributed by atoms with E-state index >= 15 is 0 Å². The first-order chi connectivity index (χ1) is 13.9. The highest BCUT2D eigenvalue weighted by Crippen LogP contribution is 2.41. The molecular weight excluding hydrogens is 375 g/mol. The molecule has 2 aromatic carbocycles. The molecule has 30 heavy (non-hydrogen) atoms. The molecule has 5 heteroatoms. The van der Waals surface area contributed by atoms with Gasteiger partial charge in [-0.1, -0.05) is 62.7 Å². The predicted molar refractivity (Wildman–Crippen MR) is 124 cm³/mol. The molecule has 162 valence electrons. The molecule has 0 atom stereocenters. The van der Waals surface area contributed by atoms with E-state index < -0.39 is 18.3 Å². The van der Waals surface area contributed by atoms with Crippen molar-refractivity contribution in [3.05, 3.63) is 47.5 Å². The zero-order valence-corrected chi connectivity index (χ0v) is 19.9. The number of benzene rings is 2. The molecule has 0 unspecified atom stereocenters. The van der Waals surface area contributed by atoms with Gasteiger partial charge in [0.2, 0.25) is 0 Å². The van der Waals surface area contributed by atoms with Gasteiger partial charge in [0.05, 0.1) is 11.2 Å². The average Bonchev–Trinajstić information content (AvgIpc) is 2.86. The number of para-hydroxylation sites is 1. The van der Waals surface area contributed by atoms with E-state index in [1.165, 1.54) is 5.56 Å². The monoisotopic (exact) mass is 410 g/mol. The van der Waals surface area contributed by atoms with E-state index in [4.69, 9.17) is 18.8 Å². The van der Waals surface area contributed by atoms with Gasteiger partial charge in [-0.15, -0.1) is 0 Å². The Balaban J connectivity index is 2.19. The smallest absolute Gasteiger partial charge is 0.467 e. The Hall–Kier alpha value is -1.82. The van der Waals surface area contributed by atoms with Crippen LogP contribution in [-0.2, 0) is 19.5 Å². The molecule has 1 heterocycles. The van der Waals surface area contributed by atoms with E-state index in [-0.39, 0.29) is 12.2 Å². The minimum Gasteiger partial charge on any atom is -0.467 e. The Bertz CT molecular complexity index is 896. The van der Waals surface area contributed by atoms with Crippen molar-refractivity contribution in [3.8, 4) is 16.9 Å². The molecule has 1 aliphatic heterocycles. The maximum atomic E-state index is 6.38. The second-order valence-corrected chi connectivity index (χ2v) is 10.2. The summed E-state index contributed by atoms with van der Waals surface area (Å²) in [6.07, 6.45) is 0. The van der Waals surface area contributed by atoms with Crippen LogP contribution in [0.15, 0.2) is 36.4 Å². The number of aryl methyl sites for hydroxylation is 1. The van der Waals surface area contributed by atoms with E-state index in [1.54, 1.807) is 7.11 Å². The van der Waals surface area contributed by atoms with Crippen molar-refractivity contribution < 1.29 is 18.8 Å². The van der Waals surface area contributed by atoms with Crippen molar-refractivity contribution in [1.29, 1.82) is 0 Å². The summed E-state index contributed by atoms with van der Waals surface area (Å²) in [5, 5.41) is 0. The molecular formula is C25H35BO4. The number of methoxy groups -OCH3 is 1. The van der Waals surface area contributed by atoms with Crippen LogP contribution in [0.25, 0.3) is 11.1 Å². The number of hydrogen-bond donors (Lipinski definition) is 0. The summed E-state index contributed by atoms with van der Waals surface area (Å²) in [4.78, 5) is 0. The van der Waals surface area contributed by atoms with Crippen LogP contribution >= 0.6 is 0 Å². The summed E-state index contributed by atoms with van der Waals surface area (Å²) >= 11 is 0. The van der Waals surface area contributed by atoms with E-state index in [0.717, 1.165) is 27.9 Å². The second-order valence-electron chi connectivity index (χ2n) is 10.2. The Morgan fingerprint density at radius 3 is 2.13 bits per heavy atom. The summed E-state index contributed by atoms with van der Waals surface area (Å²) in [5.74, 6) is 0.843. The van der Waals surface area contributed by atoms with Crippen LogP contribution in [0.1, 0.15) is 59.6 Å². The zero-order chi connectivity index (χ0) is 22.3. The first-order valence-electron chi connectivity index (χ1n) is 10.6. The molecule has 0 bridgehead atoms. The van der Waals surface area contributed by atoms with Gasteiger partial charge in [-0.25, -0.2) is 0 Å². The number of hydrogen-bond acceptors (Lipinski definition) is 4. The van der Waals surface area contributed by atoms with Gasteiger partial charge in [0.15, 0.2) is 6.79 Å². The topological polar surface area (TPSA) is 36.9 Å². The SMILES string of the molecule is COCOc1c(-c2cc(C)ccc2B2OC(C)(C)C(C)(C)O2)cccc1C(C)(C)C. The van der Waals surface area contributed by atoms with Crippen LogP contribution in [0, 0.1) is 6.92 Å². The molecule has 0 amide bonds. The third kappa shape index (κ3) is 4.29. The lowest BCUT2D eigenvalue weighted by Crippen LogP contribution is -2.41. The predicted octanol–water partition coefficient (Wildman–Crippen LogP) is 5.24. The standard InChI is InChI=1S/C25H35BO4/c1-17-13-14-21(26-29-24(5,6)25(7,8)30-26)19(15-17)18-11-10-12-20(23(2,3)4)22(18)28-16-27-9/h10-15H,16H2,1-9H3. The Morgan fingerprint density at radius 2 is 1.57 bits per heavy atom. The van der Waals surface area contributed by atoms with Gasteiger partial charge < -0.3 is 18.8 Å². The molecule has 1 fully saturated rings. The normalized spacial score (nSPS) is 18.0. The third-order valence-corrected chi connectivity index (χ3v) is 6.15. The molecule has 1 aliphatic rings.